The minimum absolute atomic E-state index is 0.136. The molecule has 0 N–H and O–H groups in total. The normalized spacial score (nSPS) is 14.6. The summed E-state index contributed by atoms with van der Waals surface area (Å²) in [5.74, 6) is -4.13. The van der Waals surface area contributed by atoms with Gasteiger partial charge in [-0.3, -0.25) is 0 Å². The van der Waals surface area contributed by atoms with Gasteiger partial charge in [0.2, 0.25) is 0 Å². The van der Waals surface area contributed by atoms with E-state index in [9.17, 15) is 13.6 Å². The van der Waals surface area contributed by atoms with Crippen molar-refractivity contribution in [3.8, 4) is 0 Å². The maximum atomic E-state index is 14.9. The Balaban J connectivity index is 3.21. The van der Waals surface area contributed by atoms with Gasteiger partial charge in [-0.05, 0) is 36.7 Å². The van der Waals surface area contributed by atoms with Crippen LogP contribution in [-0.4, -0.2) is 26.8 Å². The van der Waals surface area contributed by atoms with Crippen LogP contribution < -0.4 is 0 Å². The molecule has 0 aliphatic heterocycles. The molecule has 0 aromatic heterocycles. The van der Waals surface area contributed by atoms with E-state index in [0.29, 0.717) is 11.6 Å². The topological polar surface area (TPSA) is 35.5 Å². The highest BCUT2D eigenvalue weighted by Gasteiger charge is 2.47. The minimum Gasteiger partial charge on any atom is -0.463 e. The Morgan fingerprint density at radius 2 is 1.76 bits per heavy atom. The molecule has 0 bridgehead atoms. The smallest absolute Gasteiger partial charge is 0.330 e. The van der Waals surface area contributed by atoms with Crippen molar-refractivity contribution < 1.29 is 22.7 Å². The predicted molar refractivity (Wildman–Crippen MR) is 98.2 cm³/mol. The molecular formula is C19H28F2O3Si. The Morgan fingerprint density at radius 1 is 1.20 bits per heavy atom. The van der Waals surface area contributed by atoms with Crippen LogP contribution >= 0.6 is 0 Å². The third-order valence-electron chi connectivity index (χ3n) is 4.40. The van der Waals surface area contributed by atoms with Gasteiger partial charge in [-0.1, -0.05) is 51.1 Å². The fourth-order valence-corrected chi connectivity index (χ4v) is 3.16. The molecule has 0 fully saturated rings. The molecule has 25 heavy (non-hydrogen) atoms. The molecule has 0 radical (unpaired) electrons. The summed E-state index contributed by atoms with van der Waals surface area (Å²) >= 11 is 0. The Bertz CT molecular complexity index is 592. The Kier molecular flexibility index (Phi) is 7.08. The van der Waals surface area contributed by atoms with Crippen molar-refractivity contribution in [2.45, 2.75) is 57.9 Å². The molecule has 0 aliphatic carbocycles. The van der Waals surface area contributed by atoms with Gasteiger partial charge < -0.3 is 9.16 Å². The fourth-order valence-electron chi connectivity index (χ4n) is 1.92. The molecule has 0 spiro atoms. The lowest BCUT2D eigenvalue weighted by Crippen LogP contribution is -2.45. The molecule has 1 aromatic carbocycles. The summed E-state index contributed by atoms with van der Waals surface area (Å²) in [6, 6.07) is 8.39. The summed E-state index contributed by atoms with van der Waals surface area (Å²) in [5.41, 5.74) is 0.380. The van der Waals surface area contributed by atoms with Crippen LogP contribution in [0.15, 0.2) is 42.5 Å². The van der Waals surface area contributed by atoms with Crippen LogP contribution in [0.3, 0.4) is 0 Å². The van der Waals surface area contributed by atoms with Crippen LogP contribution in [0.5, 0.6) is 0 Å². The van der Waals surface area contributed by atoms with E-state index in [2.05, 4.69) is 4.74 Å². The zero-order chi connectivity index (χ0) is 19.3. The van der Waals surface area contributed by atoms with E-state index in [1.165, 1.54) is 0 Å². The summed E-state index contributed by atoms with van der Waals surface area (Å²) in [4.78, 5) is 11.4. The number of hydrogen-bond acceptors (Lipinski definition) is 3. The first kappa shape index (κ1) is 21.5. The van der Waals surface area contributed by atoms with E-state index >= 15 is 0 Å². The Morgan fingerprint density at radius 3 is 2.24 bits per heavy atom. The van der Waals surface area contributed by atoms with Gasteiger partial charge in [0.1, 0.15) is 6.10 Å². The van der Waals surface area contributed by atoms with Crippen LogP contribution in [0.2, 0.25) is 18.1 Å². The Hall–Kier alpha value is -1.53. The maximum Gasteiger partial charge on any atom is 0.330 e. The zero-order valence-electron chi connectivity index (χ0n) is 15.8. The molecule has 3 nitrogen and oxygen atoms in total. The van der Waals surface area contributed by atoms with Crippen molar-refractivity contribution in [1.82, 2.24) is 0 Å². The predicted octanol–water partition coefficient (Wildman–Crippen LogP) is 5.50. The van der Waals surface area contributed by atoms with Crippen LogP contribution in [0, 0.1) is 0 Å². The van der Waals surface area contributed by atoms with Crippen LogP contribution in [0.4, 0.5) is 8.78 Å². The van der Waals surface area contributed by atoms with Gasteiger partial charge >= 0.3 is 5.97 Å². The largest absolute Gasteiger partial charge is 0.463 e. The monoisotopic (exact) mass is 370 g/mol. The first-order chi connectivity index (χ1) is 11.4. The number of alkyl halides is 2. The van der Waals surface area contributed by atoms with Crippen molar-refractivity contribution in [3.05, 3.63) is 48.0 Å². The zero-order valence-corrected chi connectivity index (χ0v) is 16.8. The number of benzene rings is 1. The second-order valence-electron chi connectivity index (χ2n) is 7.43. The van der Waals surface area contributed by atoms with E-state index < -0.39 is 26.3 Å². The van der Waals surface area contributed by atoms with Crippen molar-refractivity contribution in [1.29, 1.82) is 0 Å². The van der Waals surface area contributed by atoms with Gasteiger partial charge in [0, 0.05) is 6.08 Å². The molecule has 0 aliphatic rings. The number of carbonyl (C=O) groups is 1. The molecule has 1 aromatic rings. The van der Waals surface area contributed by atoms with Gasteiger partial charge in [0.15, 0.2) is 8.32 Å². The second kappa shape index (κ2) is 8.23. The summed E-state index contributed by atoms with van der Waals surface area (Å²) in [7, 11) is -2.46. The minimum atomic E-state index is -3.34. The van der Waals surface area contributed by atoms with E-state index in [1.54, 1.807) is 37.3 Å². The molecule has 1 atom stereocenters. The summed E-state index contributed by atoms with van der Waals surface area (Å²) in [6.07, 6.45) is -0.107. The first-order valence-electron chi connectivity index (χ1n) is 8.37. The van der Waals surface area contributed by atoms with Crippen molar-refractivity contribution >= 4 is 14.3 Å². The first-order valence-corrected chi connectivity index (χ1v) is 11.3. The Labute approximate surface area is 150 Å². The van der Waals surface area contributed by atoms with Gasteiger partial charge in [-0.15, -0.1) is 0 Å². The molecule has 1 rings (SSSR count). The highest BCUT2D eigenvalue weighted by molar-refractivity contribution is 6.74. The van der Waals surface area contributed by atoms with Crippen molar-refractivity contribution in [2.24, 2.45) is 0 Å². The quantitative estimate of drug-likeness (QED) is 0.361. The van der Waals surface area contributed by atoms with Crippen LogP contribution in [0.25, 0.3) is 0 Å². The van der Waals surface area contributed by atoms with E-state index in [4.69, 9.17) is 4.43 Å². The molecular weight excluding hydrogens is 342 g/mol. The van der Waals surface area contributed by atoms with Crippen molar-refractivity contribution in [3.63, 3.8) is 0 Å². The molecule has 0 saturated heterocycles. The van der Waals surface area contributed by atoms with Crippen LogP contribution in [0.1, 0.15) is 39.4 Å². The summed E-state index contributed by atoms with van der Waals surface area (Å²) in [5, 5.41) is -0.221. The fraction of sp³-hybridized carbons (Fsp3) is 0.526. The highest BCUT2D eigenvalue weighted by Crippen LogP contribution is 2.44. The molecule has 0 saturated carbocycles. The molecule has 140 valence electrons. The van der Waals surface area contributed by atoms with Gasteiger partial charge in [0.05, 0.1) is 6.61 Å². The molecule has 0 amide bonds. The third kappa shape index (κ3) is 6.04. The molecule has 1 unspecified atom stereocenters. The molecule has 0 heterocycles. The SMILES string of the molecule is CCOC(=O)/C=C/C(F)(F)C(O[Si](C)(C)C(C)(C)C)c1ccccc1. The van der Waals surface area contributed by atoms with E-state index in [1.807, 2.05) is 33.9 Å². The lowest BCUT2D eigenvalue weighted by atomic mass is 10.0. The third-order valence-corrected chi connectivity index (χ3v) is 8.84. The summed E-state index contributed by atoms with van der Waals surface area (Å²) < 4.78 is 40.5. The number of rotatable bonds is 7. The average molecular weight is 371 g/mol. The lowest BCUT2D eigenvalue weighted by Gasteiger charge is -2.41. The highest BCUT2D eigenvalue weighted by atomic mass is 28.4. The number of ether oxygens (including phenoxy) is 1. The standard InChI is InChI=1S/C19H28F2O3Si/c1-7-23-16(22)13-14-19(20,21)17(15-11-9-8-10-12-15)24-25(5,6)18(2,3)4/h8-14,17H,7H2,1-6H3/b14-13+. The van der Waals surface area contributed by atoms with Crippen LogP contribution in [-0.2, 0) is 14.0 Å². The van der Waals surface area contributed by atoms with E-state index in [0.717, 1.165) is 6.08 Å². The number of halogens is 2. The van der Waals surface area contributed by atoms with E-state index in [-0.39, 0.29) is 11.6 Å². The average Bonchev–Trinajstić information content (AvgIpc) is 2.51. The van der Waals surface area contributed by atoms with Crippen molar-refractivity contribution in [2.75, 3.05) is 6.61 Å². The number of esters is 1. The number of hydrogen-bond donors (Lipinski definition) is 0. The second-order valence-corrected chi connectivity index (χ2v) is 12.2. The lowest BCUT2D eigenvalue weighted by molar-refractivity contribution is -0.137. The van der Waals surface area contributed by atoms with Gasteiger partial charge in [-0.25, -0.2) is 4.79 Å². The van der Waals surface area contributed by atoms with Gasteiger partial charge in [0.25, 0.3) is 5.92 Å². The summed E-state index contributed by atoms with van der Waals surface area (Å²) in [6.45, 7) is 11.6. The number of carbonyl (C=O) groups excluding carboxylic acids is 1. The maximum absolute atomic E-state index is 14.9. The van der Waals surface area contributed by atoms with Gasteiger partial charge in [-0.2, -0.15) is 8.78 Å². The molecule has 6 heteroatoms.